The lowest BCUT2D eigenvalue weighted by molar-refractivity contribution is -0.183. The second-order valence-corrected chi connectivity index (χ2v) is 4.23. The van der Waals surface area contributed by atoms with Gasteiger partial charge in [0.2, 0.25) is 0 Å². The van der Waals surface area contributed by atoms with E-state index in [4.69, 9.17) is 11.6 Å². The number of Topliss-reactive ketones (excluding diaryl/α,β-unsaturated/α-hetero) is 1. The van der Waals surface area contributed by atoms with Crippen molar-refractivity contribution in [2.75, 3.05) is 6.61 Å². The van der Waals surface area contributed by atoms with Crippen LogP contribution in [0.2, 0.25) is 5.02 Å². The van der Waals surface area contributed by atoms with E-state index in [0.717, 1.165) is 13.0 Å². The minimum atomic E-state index is -4.65. The maximum absolute atomic E-state index is 12.0. The second kappa shape index (κ2) is 6.56. The van der Waals surface area contributed by atoms with E-state index in [-0.39, 0.29) is 5.02 Å². The van der Waals surface area contributed by atoms with E-state index in [1.165, 1.54) is 12.1 Å². The zero-order valence-electron chi connectivity index (χ0n) is 10.3. The summed E-state index contributed by atoms with van der Waals surface area (Å²) in [4.78, 5) is 22.8. The van der Waals surface area contributed by atoms with Crippen LogP contribution in [-0.2, 0) is 14.3 Å². The number of ketones is 1. The lowest BCUT2D eigenvalue weighted by atomic mass is 10.1. The molecule has 0 aliphatic carbocycles. The van der Waals surface area contributed by atoms with Crippen molar-refractivity contribution in [3.63, 3.8) is 0 Å². The van der Waals surface area contributed by atoms with E-state index in [1.807, 2.05) is 0 Å². The summed E-state index contributed by atoms with van der Waals surface area (Å²) >= 11 is 5.84. The van der Waals surface area contributed by atoms with E-state index in [0.29, 0.717) is 5.56 Å². The van der Waals surface area contributed by atoms with E-state index >= 15 is 0 Å². The highest BCUT2D eigenvalue weighted by atomic mass is 35.5. The van der Waals surface area contributed by atoms with Crippen molar-refractivity contribution in [2.45, 2.75) is 13.1 Å². The van der Waals surface area contributed by atoms with Gasteiger partial charge in [0.1, 0.15) is 5.57 Å². The van der Waals surface area contributed by atoms with Crippen molar-refractivity contribution < 1.29 is 27.5 Å². The maximum Gasteiger partial charge on any atom is 0.422 e. The van der Waals surface area contributed by atoms with Crippen molar-refractivity contribution in [1.29, 1.82) is 0 Å². The van der Waals surface area contributed by atoms with Gasteiger partial charge >= 0.3 is 12.1 Å². The van der Waals surface area contributed by atoms with Gasteiger partial charge in [-0.15, -0.1) is 0 Å². The Labute approximate surface area is 118 Å². The fourth-order valence-electron chi connectivity index (χ4n) is 1.28. The molecule has 0 aromatic heterocycles. The maximum atomic E-state index is 12.0. The predicted octanol–water partition coefficient (Wildman–Crippen LogP) is 3.42. The molecule has 0 radical (unpaired) electrons. The van der Waals surface area contributed by atoms with Crippen LogP contribution in [0.3, 0.4) is 0 Å². The fourth-order valence-corrected chi connectivity index (χ4v) is 1.47. The van der Waals surface area contributed by atoms with Gasteiger partial charge in [0.15, 0.2) is 12.4 Å². The van der Waals surface area contributed by atoms with Gasteiger partial charge in [0.25, 0.3) is 0 Å². The standard InChI is InChI=1S/C13H10ClF3O3/c1-8(18)10(12(19)20-7-13(15,16)17)6-9-4-2-3-5-11(9)14/h2-6H,7H2,1H3. The van der Waals surface area contributed by atoms with Crippen LogP contribution in [0.5, 0.6) is 0 Å². The van der Waals surface area contributed by atoms with Crippen LogP contribution >= 0.6 is 11.6 Å². The molecule has 0 N–H and O–H groups in total. The summed E-state index contributed by atoms with van der Waals surface area (Å²) in [5.74, 6) is -2.05. The van der Waals surface area contributed by atoms with Crippen LogP contribution in [-0.4, -0.2) is 24.5 Å². The molecule has 0 saturated carbocycles. The summed E-state index contributed by atoms with van der Waals surface area (Å²) in [6.07, 6.45) is -3.55. The third-order valence-electron chi connectivity index (χ3n) is 2.17. The number of alkyl halides is 3. The first-order valence-corrected chi connectivity index (χ1v) is 5.79. The van der Waals surface area contributed by atoms with Gasteiger partial charge in [-0.3, -0.25) is 4.79 Å². The number of rotatable bonds is 4. The molecule has 0 unspecified atom stereocenters. The van der Waals surface area contributed by atoms with Gasteiger partial charge in [-0.25, -0.2) is 4.79 Å². The molecule has 0 saturated heterocycles. The largest absolute Gasteiger partial charge is 0.452 e. The average Bonchev–Trinajstić information content (AvgIpc) is 2.33. The van der Waals surface area contributed by atoms with E-state index in [9.17, 15) is 22.8 Å². The molecule has 1 aromatic rings. The first kappa shape index (κ1) is 16.2. The Balaban J connectivity index is 2.98. The molecule has 1 rings (SSSR count). The number of hydrogen-bond donors (Lipinski definition) is 0. The molecular formula is C13H10ClF3O3. The molecule has 108 valence electrons. The minimum Gasteiger partial charge on any atom is -0.452 e. The van der Waals surface area contributed by atoms with Crippen molar-refractivity contribution in [3.8, 4) is 0 Å². The molecule has 0 atom stereocenters. The lowest BCUT2D eigenvalue weighted by Gasteiger charge is -2.09. The smallest absolute Gasteiger partial charge is 0.422 e. The molecular weight excluding hydrogens is 297 g/mol. The fraction of sp³-hybridized carbons (Fsp3) is 0.231. The Hall–Kier alpha value is -1.82. The lowest BCUT2D eigenvalue weighted by Crippen LogP contribution is -2.23. The summed E-state index contributed by atoms with van der Waals surface area (Å²) in [6, 6.07) is 6.28. The third kappa shape index (κ3) is 5.05. The second-order valence-electron chi connectivity index (χ2n) is 3.83. The van der Waals surface area contributed by atoms with Crippen molar-refractivity contribution >= 4 is 29.4 Å². The number of carbonyl (C=O) groups is 2. The van der Waals surface area contributed by atoms with Crippen molar-refractivity contribution in [2.24, 2.45) is 0 Å². The van der Waals surface area contributed by atoms with Gasteiger partial charge in [-0.05, 0) is 24.6 Å². The normalized spacial score (nSPS) is 12.2. The minimum absolute atomic E-state index is 0.259. The Morgan fingerprint density at radius 2 is 1.90 bits per heavy atom. The molecule has 1 aromatic carbocycles. The Kier molecular flexibility index (Phi) is 5.33. The molecule has 3 nitrogen and oxygen atoms in total. The number of benzene rings is 1. The Bertz CT molecular complexity index is 550. The number of esters is 1. The van der Waals surface area contributed by atoms with Crippen molar-refractivity contribution in [3.05, 3.63) is 40.4 Å². The zero-order valence-corrected chi connectivity index (χ0v) is 11.1. The van der Waals surface area contributed by atoms with Crippen LogP contribution in [0.25, 0.3) is 6.08 Å². The summed E-state index contributed by atoms with van der Waals surface area (Å²) in [6.45, 7) is -0.698. The SMILES string of the molecule is CC(=O)C(=Cc1ccccc1Cl)C(=O)OCC(F)(F)F. The molecule has 7 heteroatoms. The molecule has 0 bridgehead atoms. The highest BCUT2D eigenvalue weighted by Gasteiger charge is 2.30. The van der Waals surface area contributed by atoms with Crippen LogP contribution in [0.4, 0.5) is 13.2 Å². The van der Waals surface area contributed by atoms with Gasteiger partial charge in [-0.2, -0.15) is 13.2 Å². The number of hydrogen-bond acceptors (Lipinski definition) is 3. The highest BCUT2D eigenvalue weighted by Crippen LogP contribution is 2.20. The van der Waals surface area contributed by atoms with Crippen LogP contribution in [0.1, 0.15) is 12.5 Å². The Morgan fingerprint density at radius 1 is 1.30 bits per heavy atom. The molecule has 20 heavy (non-hydrogen) atoms. The summed E-state index contributed by atoms with van der Waals surface area (Å²) in [5, 5.41) is 0.259. The van der Waals surface area contributed by atoms with E-state index in [2.05, 4.69) is 4.74 Å². The van der Waals surface area contributed by atoms with Crippen LogP contribution in [0.15, 0.2) is 29.8 Å². The van der Waals surface area contributed by atoms with Crippen LogP contribution in [0, 0.1) is 0 Å². The van der Waals surface area contributed by atoms with Crippen LogP contribution < -0.4 is 0 Å². The summed E-state index contributed by atoms with van der Waals surface area (Å²) in [5.41, 5.74) is -0.161. The number of ether oxygens (including phenoxy) is 1. The first-order valence-electron chi connectivity index (χ1n) is 5.42. The molecule has 0 aliphatic heterocycles. The molecule has 0 heterocycles. The van der Waals surface area contributed by atoms with Gasteiger partial charge in [0, 0.05) is 5.02 Å². The topological polar surface area (TPSA) is 43.4 Å². The number of halogens is 4. The zero-order chi connectivity index (χ0) is 15.3. The summed E-state index contributed by atoms with van der Waals surface area (Å²) < 4.78 is 40.0. The highest BCUT2D eigenvalue weighted by molar-refractivity contribution is 6.32. The Morgan fingerprint density at radius 3 is 2.40 bits per heavy atom. The molecule has 0 aliphatic rings. The van der Waals surface area contributed by atoms with E-state index < -0.39 is 30.1 Å². The first-order chi connectivity index (χ1) is 9.20. The quantitative estimate of drug-likeness (QED) is 0.370. The third-order valence-corrected chi connectivity index (χ3v) is 2.52. The van der Waals surface area contributed by atoms with E-state index in [1.54, 1.807) is 12.1 Å². The van der Waals surface area contributed by atoms with Gasteiger partial charge < -0.3 is 4.74 Å². The van der Waals surface area contributed by atoms with Gasteiger partial charge in [-0.1, -0.05) is 29.8 Å². The molecule has 0 spiro atoms. The number of carbonyl (C=O) groups excluding carboxylic acids is 2. The molecule has 0 amide bonds. The average molecular weight is 307 g/mol. The monoisotopic (exact) mass is 306 g/mol. The summed E-state index contributed by atoms with van der Waals surface area (Å²) in [7, 11) is 0. The van der Waals surface area contributed by atoms with Gasteiger partial charge in [0.05, 0.1) is 0 Å². The molecule has 0 fully saturated rings. The van der Waals surface area contributed by atoms with Crippen molar-refractivity contribution in [1.82, 2.24) is 0 Å². The predicted molar refractivity (Wildman–Crippen MR) is 67.1 cm³/mol.